The van der Waals surface area contributed by atoms with Crippen molar-refractivity contribution < 1.29 is 0 Å². The van der Waals surface area contributed by atoms with E-state index in [2.05, 4.69) is 13.8 Å². The second-order valence-corrected chi connectivity index (χ2v) is 4.56. The van der Waals surface area contributed by atoms with Crippen LogP contribution in [0, 0.1) is 17.8 Å². The third-order valence-corrected chi connectivity index (χ3v) is 3.52. The number of nitrogens with two attached hydrogens (primary N) is 1. The summed E-state index contributed by atoms with van der Waals surface area (Å²) in [4.78, 5) is 0. The summed E-state index contributed by atoms with van der Waals surface area (Å²) in [5.74, 6) is 2.89. The Labute approximate surface area is 76.7 Å². The van der Waals surface area contributed by atoms with Crippen molar-refractivity contribution in [1.29, 1.82) is 0 Å². The Morgan fingerprint density at radius 2 is 1.92 bits per heavy atom. The van der Waals surface area contributed by atoms with E-state index in [1.807, 2.05) is 0 Å². The summed E-state index contributed by atoms with van der Waals surface area (Å²) in [5, 5.41) is 0. The molecule has 1 fully saturated rings. The largest absolute Gasteiger partial charge is 0.330 e. The van der Waals surface area contributed by atoms with Crippen molar-refractivity contribution in [3.05, 3.63) is 0 Å². The molecular weight excluding hydrogens is 146 g/mol. The van der Waals surface area contributed by atoms with Crippen molar-refractivity contribution in [1.82, 2.24) is 0 Å². The lowest BCUT2D eigenvalue weighted by Crippen LogP contribution is -2.21. The summed E-state index contributed by atoms with van der Waals surface area (Å²) in [7, 11) is 0. The Kier molecular flexibility index (Phi) is 4.07. The van der Waals surface area contributed by atoms with E-state index in [1.54, 1.807) is 0 Å². The van der Waals surface area contributed by atoms with Gasteiger partial charge in [0.2, 0.25) is 0 Å². The van der Waals surface area contributed by atoms with Gasteiger partial charge in [-0.3, -0.25) is 0 Å². The van der Waals surface area contributed by atoms with Crippen LogP contribution in [-0.2, 0) is 0 Å². The topological polar surface area (TPSA) is 26.0 Å². The molecular formula is C11H23N. The molecule has 0 radical (unpaired) electrons. The number of hydrogen-bond acceptors (Lipinski definition) is 1. The standard InChI is InChI=1S/C11H23N/c1-9-5-6-11(4-3-7-12)8-10(9)2/h9-11H,3-8,12H2,1-2H3. The minimum atomic E-state index is 0.875. The molecule has 1 nitrogen and oxygen atoms in total. The summed E-state index contributed by atoms with van der Waals surface area (Å²) in [6.45, 7) is 5.67. The van der Waals surface area contributed by atoms with Crippen LogP contribution in [0.5, 0.6) is 0 Å². The van der Waals surface area contributed by atoms with Gasteiger partial charge < -0.3 is 5.73 Å². The maximum absolute atomic E-state index is 5.51. The van der Waals surface area contributed by atoms with Gasteiger partial charge in [-0.15, -0.1) is 0 Å². The van der Waals surface area contributed by atoms with Crippen LogP contribution in [0.2, 0.25) is 0 Å². The lowest BCUT2D eigenvalue weighted by molar-refractivity contribution is 0.199. The SMILES string of the molecule is CC1CCC(CCCN)CC1C. The van der Waals surface area contributed by atoms with Crippen LogP contribution in [0.15, 0.2) is 0 Å². The van der Waals surface area contributed by atoms with E-state index in [4.69, 9.17) is 5.73 Å². The van der Waals surface area contributed by atoms with E-state index in [1.165, 1.54) is 32.1 Å². The zero-order valence-electron chi connectivity index (χ0n) is 8.55. The molecule has 0 bridgehead atoms. The molecule has 0 saturated heterocycles. The molecule has 1 saturated carbocycles. The molecule has 1 aliphatic rings. The molecule has 1 aliphatic carbocycles. The summed E-state index contributed by atoms with van der Waals surface area (Å²) in [5.41, 5.74) is 5.51. The molecule has 0 aliphatic heterocycles. The maximum Gasteiger partial charge on any atom is -0.00772 e. The minimum absolute atomic E-state index is 0.875. The van der Waals surface area contributed by atoms with Gasteiger partial charge in [0.1, 0.15) is 0 Å². The lowest BCUT2D eigenvalue weighted by atomic mass is 9.74. The highest BCUT2D eigenvalue weighted by Gasteiger charge is 2.23. The van der Waals surface area contributed by atoms with Crippen LogP contribution in [-0.4, -0.2) is 6.54 Å². The monoisotopic (exact) mass is 169 g/mol. The molecule has 2 N–H and O–H groups in total. The van der Waals surface area contributed by atoms with Gasteiger partial charge >= 0.3 is 0 Å². The first kappa shape index (κ1) is 10.0. The molecule has 12 heavy (non-hydrogen) atoms. The molecule has 1 heteroatoms. The average Bonchev–Trinajstić information content (AvgIpc) is 2.07. The van der Waals surface area contributed by atoms with Gasteiger partial charge in [-0.05, 0) is 43.6 Å². The molecule has 0 aromatic heterocycles. The van der Waals surface area contributed by atoms with E-state index >= 15 is 0 Å². The van der Waals surface area contributed by atoms with Crippen LogP contribution >= 0.6 is 0 Å². The molecule has 0 amide bonds. The second kappa shape index (κ2) is 4.86. The third-order valence-electron chi connectivity index (χ3n) is 3.52. The van der Waals surface area contributed by atoms with Gasteiger partial charge in [0.25, 0.3) is 0 Å². The van der Waals surface area contributed by atoms with Crippen molar-refractivity contribution in [3.8, 4) is 0 Å². The molecule has 3 atom stereocenters. The Balaban J connectivity index is 2.21. The molecule has 0 heterocycles. The van der Waals surface area contributed by atoms with Crippen LogP contribution in [0.4, 0.5) is 0 Å². The van der Waals surface area contributed by atoms with Crippen molar-refractivity contribution in [2.75, 3.05) is 6.54 Å². The van der Waals surface area contributed by atoms with Crippen molar-refractivity contribution in [3.63, 3.8) is 0 Å². The van der Waals surface area contributed by atoms with Gasteiger partial charge in [0.15, 0.2) is 0 Å². The first-order valence-corrected chi connectivity index (χ1v) is 5.44. The van der Waals surface area contributed by atoms with Crippen LogP contribution in [0.3, 0.4) is 0 Å². The third kappa shape index (κ3) is 2.78. The zero-order chi connectivity index (χ0) is 8.97. The van der Waals surface area contributed by atoms with E-state index in [9.17, 15) is 0 Å². The van der Waals surface area contributed by atoms with Crippen molar-refractivity contribution >= 4 is 0 Å². The van der Waals surface area contributed by atoms with Crippen molar-refractivity contribution in [2.45, 2.75) is 46.0 Å². The Morgan fingerprint density at radius 1 is 1.17 bits per heavy atom. The Hall–Kier alpha value is -0.0400. The van der Waals surface area contributed by atoms with E-state index in [-0.39, 0.29) is 0 Å². The molecule has 0 aromatic rings. The highest BCUT2D eigenvalue weighted by Crippen LogP contribution is 2.35. The lowest BCUT2D eigenvalue weighted by Gasteiger charge is -2.32. The summed E-state index contributed by atoms with van der Waals surface area (Å²) in [6.07, 6.45) is 6.93. The second-order valence-electron chi connectivity index (χ2n) is 4.56. The highest BCUT2D eigenvalue weighted by molar-refractivity contribution is 4.75. The Morgan fingerprint density at radius 3 is 2.50 bits per heavy atom. The normalized spacial score (nSPS) is 36.8. The van der Waals surface area contributed by atoms with Gasteiger partial charge in [0.05, 0.1) is 0 Å². The van der Waals surface area contributed by atoms with Crippen molar-refractivity contribution in [2.24, 2.45) is 23.5 Å². The zero-order valence-corrected chi connectivity index (χ0v) is 8.55. The van der Waals surface area contributed by atoms with E-state index in [0.29, 0.717) is 0 Å². The molecule has 0 aromatic carbocycles. The first-order valence-electron chi connectivity index (χ1n) is 5.44. The van der Waals surface area contributed by atoms with E-state index in [0.717, 1.165) is 24.3 Å². The van der Waals surface area contributed by atoms with Crippen LogP contribution < -0.4 is 5.73 Å². The molecule has 72 valence electrons. The predicted molar refractivity (Wildman–Crippen MR) is 54.0 cm³/mol. The van der Waals surface area contributed by atoms with Crippen LogP contribution in [0.1, 0.15) is 46.0 Å². The fourth-order valence-corrected chi connectivity index (χ4v) is 2.33. The average molecular weight is 169 g/mol. The molecule has 0 spiro atoms. The predicted octanol–water partition coefficient (Wildman–Crippen LogP) is 2.80. The Bertz CT molecular complexity index is 120. The molecule has 3 unspecified atom stereocenters. The smallest absolute Gasteiger partial charge is 0.00772 e. The minimum Gasteiger partial charge on any atom is -0.330 e. The fourth-order valence-electron chi connectivity index (χ4n) is 2.33. The molecule has 1 rings (SSSR count). The van der Waals surface area contributed by atoms with Gasteiger partial charge in [-0.25, -0.2) is 0 Å². The maximum atomic E-state index is 5.51. The van der Waals surface area contributed by atoms with E-state index < -0.39 is 0 Å². The first-order chi connectivity index (χ1) is 5.74. The summed E-state index contributed by atoms with van der Waals surface area (Å²) >= 11 is 0. The van der Waals surface area contributed by atoms with Gasteiger partial charge in [-0.1, -0.05) is 26.7 Å². The van der Waals surface area contributed by atoms with Crippen LogP contribution in [0.25, 0.3) is 0 Å². The quantitative estimate of drug-likeness (QED) is 0.690. The summed E-state index contributed by atoms with van der Waals surface area (Å²) in [6, 6.07) is 0. The highest BCUT2D eigenvalue weighted by atomic mass is 14.5. The number of hydrogen-bond donors (Lipinski definition) is 1. The van der Waals surface area contributed by atoms with Gasteiger partial charge in [0, 0.05) is 0 Å². The number of rotatable bonds is 3. The van der Waals surface area contributed by atoms with Gasteiger partial charge in [-0.2, -0.15) is 0 Å². The fraction of sp³-hybridized carbons (Fsp3) is 1.00. The summed E-state index contributed by atoms with van der Waals surface area (Å²) < 4.78 is 0.